The van der Waals surface area contributed by atoms with Gasteiger partial charge in [0.25, 0.3) is 15.9 Å². The molecule has 4 rings (SSSR count). The van der Waals surface area contributed by atoms with E-state index in [2.05, 4.69) is 16.6 Å². The van der Waals surface area contributed by atoms with Crippen molar-refractivity contribution < 1.29 is 13.2 Å². The van der Waals surface area contributed by atoms with Gasteiger partial charge in [0.05, 0.1) is 28.3 Å². The number of nitrogens with one attached hydrogen (secondary N) is 1. The summed E-state index contributed by atoms with van der Waals surface area (Å²) in [4.78, 5) is 12.4. The molecule has 0 saturated carbocycles. The lowest BCUT2D eigenvalue weighted by Crippen LogP contribution is -2.17. The third-order valence-corrected chi connectivity index (χ3v) is 6.60. The fourth-order valence-electron chi connectivity index (χ4n) is 3.23. The summed E-state index contributed by atoms with van der Waals surface area (Å²) in [6, 6.07) is 21.9. The second-order valence-corrected chi connectivity index (χ2v) is 8.92. The number of nitrogens with zero attached hydrogens (tertiary/aromatic N) is 3. The first-order valence-corrected chi connectivity index (χ1v) is 11.1. The first kappa shape index (κ1) is 21.0. The number of carbonyl (C=O) groups excluding carboxylic acids is 1. The highest BCUT2D eigenvalue weighted by Crippen LogP contribution is 2.26. The number of fused-ring (bicyclic) bond motifs is 1. The molecule has 0 aliphatic heterocycles. The third-order valence-electron chi connectivity index (χ3n) is 4.91. The van der Waals surface area contributed by atoms with E-state index in [1.807, 2.05) is 6.92 Å². The molecule has 0 fully saturated rings. The van der Waals surface area contributed by atoms with Crippen LogP contribution >= 0.6 is 0 Å². The third kappa shape index (κ3) is 4.02. The molecule has 0 atom stereocenters. The normalized spacial score (nSPS) is 11.5. The van der Waals surface area contributed by atoms with E-state index >= 15 is 0 Å². The number of nitriles is 1. The lowest BCUT2D eigenvalue weighted by Gasteiger charge is -2.08. The Kier molecular flexibility index (Phi) is 5.58. The van der Waals surface area contributed by atoms with E-state index in [0.29, 0.717) is 27.6 Å². The number of amides is 1. The van der Waals surface area contributed by atoms with E-state index in [-0.39, 0.29) is 4.90 Å². The maximum Gasteiger partial charge on any atom is 0.271 e. The Bertz CT molecular complexity index is 1480. The van der Waals surface area contributed by atoms with Gasteiger partial charge in [0, 0.05) is 22.7 Å². The molecule has 1 aromatic heterocycles. The van der Waals surface area contributed by atoms with Gasteiger partial charge in [0.15, 0.2) is 0 Å². The molecule has 7 nitrogen and oxygen atoms in total. The number of carbonyl (C=O) groups is 1. The Hall–Kier alpha value is -4.22. The molecule has 32 heavy (non-hydrogen) atoms. The topological polar surface area (TPSA) is 104 Å². The van der Waals surface area contributed by atoms with Gasteiger partial charge in [-0.15, -0.1) is 0 Å². The number of rotatable bonds is 5. The van der Waals surface area contributed by atoms with Crippen molar-refractivity contribution in [2.45, 2.75) is 11.8 Å². The molecule has 8 heteroatoms. The van der Waals surface area contributed by atoms with E-state index in [4.69, 9.17) is 0 Å². The first-order valence-electron chi connectivity index (χ1n) is 9.66. The molecule has 1 heterocycles. The zero-order valence-electron chi connectivity index (χ0n) is 17.1. The molecule has 0 radical (unpaired) electrons. The fraction of sp³-hybridized carbons (Fsp3) is 0.0417. The Labute approximate surface area is 185 Å². The van der Waals surface area contributed by atoms with Crippen molar-refractivity contribution in [1.82, 2.24) is 9.40 Å². The molecule has 4 aromatic rings. The minimum absolute atomic E-state index is 0.144. The zero-order chi connectivity index (χ0) is 22.7. The lowest BCUT2D eigenvalue weighted by molar-refractivity contribution is 0.0955. The van der Waals surface area contributed by atoms with Crippen LogP contribution in [0.1, 0.15) is 27.0 Å². The molecule has 0 aliphatic rings. The van der Waals surface area contributed by atoms with Crippen molar-refractivity contribution in [1.29, 1.82) is 5.26 Å². The van der Waals surface area contributed by atoms with Crippen molar-refractivity contribution in [2.75, 3.05) is 0 Å². The van der Waals surface area contributed by atoms with Crippen LogP contribution in [0, 0.1) is 18.3 Å². The number of hydrogen-bond acceptors (Lipinski definition) is 5. The molecule has 0 spiro atoms. The second kappa shape index (κ2) is 8.49. The lowest BCUT2D eigenvalue weighted by atomic mass is 10.1. The molecule has 158 valence electrons. The molecule has 0 saturated heterocycles. The molecule has 1 N–H and O–H groups in total. The monoisotopic (exact) mass is 442 g/mol. The highest BCUT2D eigenvalue weighted by Gasteiger charge is 2.21. The summed E-state index contributed by atoms with van der Waals surface area (Å²) < 4.78 is 27.7. The van der Waals surface area contributed by atoms with Gasteiger partial charge in [-0.25, -0.2) is 17.8 Å². The van der Waals surface area contributed by atoms with Crippen LogP contribution in [-0.4, -0.2) is 24.5 Å². The fourth-order valence-corrected chi connectivity index (χ4v) is 4.61. The number of aryl methyl sites for hydroxylation is 1. The van der Waals surface area contributed by atoms with E-state index in [9.17, 15) is 18.5 Å². The number of aromatic nitrogens is 1. The average molecular weight is 443 g/mol. The van der Waals surface area contributed by atoms with Gasteiger partial charge >= 0.3 is 0 Å². The van der Waals surface area contributed by atoms with E-state index in [1.165, 1.54) is 12.4 Å². The van der Waals surface area contributed by atoms with Crippen LogP contribution < -0.4 is 5.43 Å². The van der Waals surface area contributed by atoms with Crippen LogP contribution in [0.4, 0.5) is 0 Å². The van der Waals surface area contributed by atoms with E-state index in [1.54, 1.807) is 72.8 Å². The van der Waals surface area contributed by atoms with Gasteiger partial charge in [0.1, 0.15) is 0 Å². The molecule has 0 bridgehead atoms. The minimum Gasteiger partial charge on any atom is -0.267 e. The van der Waals surface area contributed by atoms with Gasteiger partial charge in [0.2, 0.25) is 0 Å². The van der Waals surface area contributed by atoms with Crippen LogP contribution in [0.2, 0.25) is 0 Å². The number of benzene rings is 3. The van der Waals surface area contributed by atoms with Gasteiger partial charge in [-0.1, -0.05) is 35.9 Å². The van der Waals surface area contributed by atoms with Crippen molar-refractivity contribution in [3.05, 3.63) is 101 Å². The second-order valence-electron chi connectivity index (χ2n) is 7.11. The quantitative estimate of drug-likeness (QED) is 0.375. The van der Waals surface area contributed by atoms with Gasteiger partial charge < -0.3 is 0 Å². The van der Waals surface area contributed by atoms with Crippen LogP contribution in [0.5, 0.6) is 0 Å². The Morgan fingerprint density at radius 2 is 1.78 bits per heavy atom. The molecular weight excluding hydrogens is 424 g/mol. The van der Waals surface area contributed by atoms with Gasteiger partial charge in [-0.2, -0.15) is 10.4 Å². The predicted molar refractivity (Wildman–Crippen MR) is 122 cm³/mol. The number of hydrogen-bond donors (Lipinski definition) is 1. The summed E-state index contributed by atoms with van der Waals surface area (Å²) in [5, 5.41) is 13.8. The molecule has 0 unspecified atom stereocenters. The highest BCUT2D eigenvalue weighted by molar-refractivity contribution is 7.90. The standard InChI is InChI=1S/C24H18N4O3S/c1-17-7-10-21(11-8-17)32(30,31)28-16-20(22-13-18(14-25)9-12-23(22)28)15-26-27-24(29)19-5-3-2-4-6-19/h2-13,15-16H,1H3,(H,27,29)/b26-15+. The largest absolute Gasteiger partial charge is 0.271 e. The maximum absolute atomic E-state index is 13.3. The molecular formula is C24H18N4O3S. The van der Waals surface area contributed by atoms with Crippen LogP contribution in [0.15, 0.2) is 89.0 Å². The van der Waals surface area contributed by atoms with E-state index in [0.717, 1.165) is 9.54 Å². The number of hydrazone groups is 1. The molecule has 0 aliphatic carbocycles. The van der Waals surface area contributed by atoms with Crippen LogP contribution in [0.25, 0.3) is 10.9 Å². The van der Waals surface area contributed by atoms with Crippen molar-refractivity contribution in [2.24, 2.45) is 5.10 Å². The average Bonchev–Trinajstić information content (AvgIpc) is 3.18. The molecule has 1 amide bonds. The van der Waals surface area contributed by atoms with Crippen LogP contribution in [0.3, 0.4) is 0 Å². The van der Waals surface area contributed by atoms with Gasteiger partial charge in [-0.05, 0) is 49.4 Å². The summed E-state index contributed by atoms with van der Waals surface area (Å²) in [5.74, 6) is -0.393. The Morgan fingerprint density at radius 1 is 1.06 bits per heavy atom. The molecule has 3 aromatic carbocycles. The van der Waals surface area contributed by atoms with Gasteiger partial charge in [-0.3, -0.25) is 4.79 Å². The summed E-state index contributed by atoms with van der Waals surface area (Å²) in [6.45, 7) is 1.88. The van der Waals surface area contributed by atoms with Crippen molar-refractivity contribution in [3.63, 3.8) is 0 Å². The summed E-state index contributed by atoms with van der Waals surface area (Å²) >= 11 is 0. The first-order chi connectivity index (χ1) is 15.4. The summed E-state index contributed by atoms with van der Waals surface area (Å²) in [6.07, 6.45) is 2.80. The smallest absolute Gasteiger partial charge is 0.267 e. The summed E-state index contributed by atoms with van der Waals surface area (Å²) in [7, 11) is -3.88. The Balaban J connectivity index is 1.75. The maximum atomic E-state index is 13.3. The minimum atomic E-state index is -3.88. The van der Waals surface area contributed by atoms with E-state index < -0.39 is 15.9 Å². The zero-order valence-corrected chi connectivity index (χ0v) is 17.9. The van der Waals surface area contributed by atoms with Crippen LogP contribution in [-0.2, 0) is 10.0 Å². The Morgan fingerprint density at radius 3 is 2.47 bits per heavy atom. The predicted octanol–water partition coefficient (Wildman–Crippen LogP) is 3.82. The SMILES string of the molecule is Cc1ccc(S(=O)(=O)n2cc(/C=N/NC(=O)c3ccccc3)c3cc(C#N)ccc32)cc1. The summed E-state index contributed by atoms with van der Waals surface area (Å²) in [5.41, 5.74) is 5.05. The van der Waals surface area contributed by atoms with Crippen molar-refractivity contribution >= 4 is 33.0 Å². The van der Waals surface area contributed by atoms with Crippen molar-refractivity contribution in [3.8, 4) is 6.07 Å². The highest BCUT2D eigenvalue weighted by atomic mass is 32.2.